The number of benzene rings is 4. The van der Waals surface area contributed by atoms with Crippen molar-refractivity contribution in [2.24, 2.45) is 5.73 Å². The molecule has 38 heavy (non-hydrogen) atoms. The first-order valence-electron chi connectivity index (χ1n) is 12.1. The highest BCUT2D eigenvalue weighted by molar-refractivity contribution is 5.88. The summed E-state index contributed by atoms with van der Waals surface area (Å²) in [4.78, 5) is 25.9. The Balaban J connectivity index is 1.73. The summed E-state index contributed by atoms with van der Waals surface area (Å²) in [6, 6.07) is 32.1. The lowest BCUT2D eigenvalue weighted by atomic mass is 9.67. The molecule has 0 unspecified atom stereocenters. The number of rotatable bonds is 9. The van der Waals surface area contributed by atoms with E-state index >= 15 is 0 Å². The van der Waals surface area contributed by atoms with Gasteiger partial charge in [0.1, 0.15) is 6.04 Å². The summed E-state index contributed by atoms with van der Waals surface area (Å²) >= 11 is 0. The van der Waals surface area contributed by atoms with Gasteiger partial charge in [0.15, 0.2) is 0 Å². The number of alkyl halides is 3. The van der Waals surface area contributed by atoms with Crippen LogP contribution in [0.2, 0.25) is 0 Å². The SMILES string of the molecule is NC(=O)[C@H](Cc1ccccc1C(F)(F)F)NC(=O)CC(c1ccccc1)(c1ccccc1)c1ccccc1. The molecule has 4 aromatic rings. The third-order valence-electron chi connectivity index (χ3n) is 6.65. The second-order valence-electron chi connectivity index (χ2n) is 9.06. The van der Waals surface area contributed by atoms with Gasteiger partial charge in [-0.3, -0.25) is 9.59 Å². The quantitative estimate of drug-likeness (QED) is 0.283. The molecule has 4 aromatic carbocycles. The molecule has 2 amide bonds. The van der Waals surface area contributed by atoms with Crippen molar-refractivity contribution >= 4 is 11.8 Å². The van der Waals surface area contributed by atoms with Crippen LogP contribution in [0.4, 0.5) is 13.2 Å². The van der Waals surface area contributed by atoms with E-state index in [0.29, 0.717) is 0 Å². The van der Waals surface area contributed by atoms with E-state index in [1.165, 1.54) is 18.2 Å². The van der Waals surface area contributed by atoms with E-state index in [9.17, 15) is 22.8 Å². The maximum absolute atomic E-state index is 13.6. The van der Waals surface area contributed by atoms with Gasteiger partial charge < -0.3 is 11.1 Å². The fourth-order valence-corrected chi connectivity index (χ4v) is 4.88. The van der Waals surface area contributed by atoms with Crippen molar-refractivity contribution in [1.29, 1.82) is 0 Å². The highest BCUT2D eigenvalue weighted by atomic mass is 19.4. The van der Waals surface area contributed by atoms with Crippen molar-refractivity contribution in [1.82, 2.24) is 5.32 Å². The van der Waals surface area contributed by atoms with Crippen LogP contribution in [0, 0.1) is 0 Å². The summed E-state index contributed by atoms with van der Waals surface area (Å²) in [5, 5.41) is 2.63. The van der Waals surface area contributed by atoms with E-state index in [2.05, 4.69) is 5.32 Å². The van der Waals surface area contributed by atoms with Crippen LogP contribution in [0.3, 0.4) is 0 Å². The number of carbonyl (C=O) groups is 2. The molecule has 194 valence electrons. The second kappa shape index (κ2) is 11.3. The molecule has 0 saturated heterocycles. The van der Waals surface area contributed by atoms with Crippen LogP contribution in [-0.2, 0) is 27.6 Å². The minimum Gasteiger partial charge on any atom is -0.368 e. The average molecular weight is 517 g/mol. The predicted octanol–water partition coefficient (Wildman–Crippen LogP) is 5.64. The van der Waals surface area contributed by atoms with Crippen LogP contribution in [-0.4, -0.2) is 17.9 Å². The number of hydrogen-bond acceptors (Lipinski definition) is 2. The molecular formula is C31H27F3N2O2. The van der Waals surface area contributed by atoms with Crippen LogP contribution in [0.5, 0.6) is 0 Å². The lowest BCUT2D eigenvalue weighted by Gasteiger charge is -2.36. The Morgan fingerprint density at radius 1 is 0.684 bits per heavy atom. The van der Waals surface area contributed by atoms with Gasteiger partial charge in [0.25, 0.3) is 0 Å². The Kier molecular flexibility index (Phi) is 7.96. The van der Waals surface area contributed by atoms with E-state index in [1.807, 2.05) is 91.0 Å². The molecule has 0 fully saturated rings. The van der Waals surface area contributed by atoms with E-state index in [-0.39, 0.29) is 18.4 Å². The second-order valence-corrected chi connectivity index (χ2v) is 9.06. The predicted molar refractivity (Wildman–Crippen MR) is 140 cm³/mol. The molecule has 0 heterocycles. The normalized spacial score (nSPS) is 12.5. The van der Waals surface area contributed by atoms with E-state index < -0.39 is 35.0 Å². The summed E-state index contributed by atoms with van der Waals surface area (Å²) in [7, 11) is 0. The fraction of sp³-hybridized carbons (Fsp3) is 0.161. The van der Waals surface area contributed by atoms with Gasteiger partial charge in [0.05, 0.1) is 11.0 Å². The largest absolute Gasteiger partial charge is 0.416 e. The molecule has 0 aromatic heterocycles. The number of primary amides is 1. The van der Waals surface area contributed by atoms with E-state index in [1.54, 1.807) is 0 Å². The fourth-order valence-electron chi connectivity index (χ4n) is 4.88. The maximum atomic E-state index is 13.6. The number of hydrogen-bond donors (Lipinski definition) is 2. The first-order valence-corrected chi connectivity index (χ1v) is 12.1. The van der Waals surface area contributed by atoms with Crippen LogP contribution in [0.15, 0.2) is 115 Å². The number of nitrogens with two attached hydrogens (primary N) is 1. The molecule has 0 bridgehead atoms. The molecule has 4 nitrogen and oxygen atoms in total. The standard InChI is InChI=1S/C31H27F3N2O2/c32-31(33,34)26-19-11-10-12-22(26)20-27(29(35)38)36-28(37)21-30(23-13-4-1-5-14-23,24-15-6-2-7-16-24)25-17-8-3-9-18-25/h1-19,27H,20-21H2,(H2,35,38)(H,36,37)/t27-/m0/s1. The Hall–Kier alpha value is -4.39. The molecule has 7 heteroatoms. The van der Waals surface area contributed by atoms with Gasteiger partial charge in [-0.25, -0.2) is 0 Å². The summed E-state index contributed by atoms with van der Waals surface area (Å²) in [6.45, 7) is 0. The summed E-state index contributed by atoms with van der Waals surface area (Å²) in [5.41, 5.74) is 6.19. The van der Waals surface area contributed by atoms with Crippen molar-refractivity contribution < 1.29 is 22.8 Å². The lowest BCUT2D eigenvalue weighted by molar-refractivity contribution is -0.138. The van der Waals surface area contributed by atoms with Crippen molar-refractivity contribution in [3.05, 3.63) is 143 Å². The van der Waals surface area contributed by atoms with E-state index in [4.69, 9.17) is 5.73 Å². The van der Waals surface area contributed by atoms with Gasteiger partial charge in [0, 0.05) is 12.8 Å². The van der Waals surface area contributed by atoms with Gasteiger partial charge in [-0.1, -0.05) is 109 Å². The number of halogens is 3. The minimum absolute atomic E-state index is 0.101. The van der Waals surface area contributed by atoms with Crippen LogP contribution >= 0.6 is 0 Å². The average Bonchev–Trinajstić information content (AvgIpc) is 2.92. The zero-order valence-electron chi connectivity index (χ0n) is 20.5. The summed E-state index contributed by atoms with van der Waals surface area (Å²) in [5.74, 6) is -1.44. The topological polar surface area (TPSA) is 72.2 Å². The third-order valence-corrected chi connectivity index (χ3v) is 6.65. The zero-order valence-corrected chi connectivity index (χ0v) is 20.5. The van der Waals surface area contributed by atoms with Crippen molar-refractivity contribution in [2.45, 2.75) is 30.5 Å². The molecule has 0 aliphatic rings. The molecule has 0 radical (unpaired) electrons. The van der Waals surface area contributed by atoms with Crippen LogP contribution in [0.1, 0.15) is 34.2 Å². The molecule has 0 aliphatic heterocycles. The molecule has 0 spiro atoms. The van der Waals surface area contributed by atoms with Gasteiger partial charge in [0.2, 0.25) is 11.8 Å². The first kappa shape index (κ1) is 26.7. The molecular weight excluding hydrogens is 489 g/mol. The molecule has 3 N–H and O–H groups in total. The first-order chi connectivity index (χ1) is 18.2. The highest BCUT2D eigenvalue weighted by Crippen LogP contribution is 2.42. The van der Waals surface area contributed by atoms with Crippen molar-refractivity contribution in [3.8, 4) is 0 Å². The highest BCUT2D eigenvalue weighted by Gasteiger charge is 2.39. The Morgan fingerprint density at radius 2 is 1.11 bits per heavy atom. The summed E-state index contributed by atoms with van der Waals surface area (Å²) in [6.07, 6.45) is -5.09. The maximum Gasteiger partial charge on any atom is 0.416 e. The molecule has 0 aliphatic carbocycles. The minimum atomic E-state index is -4.61. The van der Waals surface area contributed by atoms with Crippen LogP contribution in [0.25, 0.3) is 0 Å². The third kappa shape index (κ3) is 5.78. The van der Waals surface area contributed by atoms with Gasteiger partial charge in [-0.15, -0.1) is 0 Å². The van der Waals surface area contributed by atoms with Gasteiger partial charge >= 0.3 is 6.18 Å². The summed E-state index contributed by atoms with van der Waals surface area (Å²) < 4.78 is 40.6. The number of carbonyl (C=O) groups excluding carboxylic acids is 2. The Bertz CT molecular complexity index is 1280. The Labute approximate surface area is 219 Å². The molecule has 4 rings (SSSR count). The monoisotopic (exact) mass is 516 g/mol. The van der Waals surface area contributed by atoms with Crippen molar-refractivity contribution in [2.75, 3.05) is 0 Å². The smallest absolute Gasteiger partial charge is 0.368 e. The van der Waals surface area contributed by atoms with E-state index in [0.717, 1.165) is 22.8 Å². The lowest BCUT2D eigenvalue weighted by Crippen LogP contribution is -2.48. The van der Waals surface area contributed by atoms with Crippen LogP contribution < -0.4 is 11.1 Å². The number of nitrogens with one attached hydrogen (secondary N) is 1. The zero-order chi connectivity index (χ0) is 27.2. The van der Waals surface area contributed by atoms with Crippen molar-refractivity contribution in [3.63, 3.8) is 0 Å². The molecule has 1 atom stereocenters. The molecule has 0 saturated carbocycles. The van der Waals surface area contributed by atoms with Gasteiger partial charge in [-0.2, -0.15) is 13.2 Å². The number of amides is 2. The van der Waals surface area contributed by atoms with Gasteiger partial charge in [-0.05, 0) is 28.3 Å². The Morgan fingerprint density at radius 3 is 1.53 bits per heavy atom.